The van der Waals surface area contributed by atoms with Gasteiger partial charge in [0.2, 0.25) is 0 Å². The summed E-state index contributed by atoms with van der Waals surface area (Å²) in [6, 6.07) is 5.82. The molecule has 3 nitrogen and oxygen atoms in total. The van der Waals surface area contributed by atoms with Crippen molar-refractivity contribution in [3.05, 3.63) is 24.0 Å². The number of aromatic nitrogens is 1. The Hall–Kier alpha value is -1.27. The zero-order chi connectivity index (χ0) is 7.40. The average Bonchev–Trinajstić information content (AvgIpc) is 2.43. The second-order valence-corrected chi connectivity index (χ2v) is 2.04. The Morgan fingerprint density at radius 2 is 2.60 bits per heavy atom. The number of nitriles is 1. The second-order valence-electron chi connectivity index (χ2n) is 2.04. The van der Waals surface area contributed by atoms with E-state index in [1.54, 1.807) is 6.20 Å². The fourth-order valence-corrected chi connectivity index (χ4v) is 0.810. The van der Waals surface area contributed by atoms with E-state index < -0.39 is 0 Å². The van der Waals surface area contributed by atoms with Crippen molar-refractivity contribution in [3.63, 3.8) is 0 Å². The normalized spacial score (nSPS) is 12.4. The zero-order valence-electron chi connectivity index (χ0n) is 5.54. The molecule has 0 bridgehead atoms. The summed E-state index contributed by atoms with van der Waals surface area (Å²) in [5.74, 6) is -0.185. The molecule has 52 valence electrons. The fraction of sp³-hybridized carbons (Fsp3) is 0.286. The molecule has 1 rings (SSSR count). The van der Waals surface area contributed by atoms with Crippen LogP contribution in [0.1, 0.15) is 11.6 Å². The highest BCUT2D eigenvalue weighted by atomic mass is 14.7. The molecule has 0 amide bonds. The Kier molecular flexibility index (Phi) is 2.08. The molecule has 0 unspecified atom stereocenters. The molecule has 0 radical (unpaired) electrons. The zero-order valence-corrected chi connectivity index (χ0v) is 5.54. The van der Waals surface area contributed by atoms with Crippen LogP contribution in [0.25, 0.3) is 0 Å². The Labute approximate surface area is 59.5 Å². The minimum atomic E-state index is -0.185. The third-order valence-electron chi connectivity index (χ3n) is 1.39. The lowest BCUT2D eigenvalue weighted by Crippen LogP contribution is -2.10. The first-order valence-electron chi connectivity index (χ1n) is 3.11. The van der Waals surface area contributed by atoms with Crippen LogP contribution in [0, 0.1) is 11.3 Å². The lowest BCUT2D eigenvalue weighted by atomic mass is 10.1. The number of hydrogen-bond donors (Lipinski definition) is 2. The lowest BCUT2D eigenvalue weighted by Gasteiger charge is -2.00. The van der Waals surface area contributed by atoms with E-state index in [2.05, 4.69) is 11.1 Å². The summed E-state index contributed by atoms with van der Waals surface area (Å²) in [6.45, 7) is 0.372. The largest absolute Gasteiger partial charge is 0.364 e. The predicted molar refractivity (Wildman–Crippen MR) is 38.2 cm³/mol. The number of rotatable bonds is 2. The molecule has 1 aromatic rings. The molecule has 1 aromatic heterocycles. The summed E-state index contributed by atoms with van der Waals surface area (Å²) in [6.07, 6.45) is 1.79. The van der Waals surface area contributed by atoms with Crippen LogP contribution in [0.5, 0.6) is 0 Å². The van der Waals surface area contributed by atoms with Gasteiger partial charge in [-0.3, -0.25) is 0 Å². The van der Waals surface area contributed by atoms with Crippen molar-refractivity contribution in [2.45, 2.75) is 5.92 Å². The van der Waals surface area contributed by atoms with Crippen molar-refractivity contribution in [2.24, 2.45) is 5.73 Å². The van der Waals surface area contributed by atoms with Crippen LogP contribution in [0.3, 0.4) is 0 Å². The molecule has 0 saturated carbocycles. The molecular formula is C7H9N3. The Morgan fingerprint density at radius 3 is 3.00 bits per heavy atom. The number of nitrogens with two attached hydrogens (primary N) is 1. The second kappa shape index (κ2) is 3.04. The lowest BCUT2D eigenvalue weighted by molar-refractivity contribution is 0.835. The van der Waals surface area contributed by atoms with Crippen LogP contribution >= 0.6 is 0 Å². The highest BCUT2D eigenvalue weighted by Gasteiger charge is 2.06. The molecule has 0 saturated heterocycles. The van der Waals surface area contributed by atoms with E-state index in [0.717, 1.165) is 5.69 Å². The van der Waals surface area contributed by atoms with E-state index in [1.165, 1.54) is 0 Å². The van der Waals surface area contributed by atoms with E-state index >= 15 is 0 Å². The van der Waals surface area contributed by atoms with Gasteiger partial charge in [-0.25, -0.2) is 0 Å². The monoisotopic (exact) mass is 135 g/mol. The van der Waals surface area contributed by atoms with Gasteiger partial charge >= 0.3 is 0 Å². The summed E-state index contributed by atoms with van der Waals surface area (Å²) in [7, 11) is 0. The highest BCUT2D eigenvalue weighted by molar-refractivity contribution is 5.17. The molecule has 1 atom stereocenters. The van der Waals surface area contributed by atoms with Gasteiger partial charge in [-0.05, 0) is 12.1 Å². The van der Waals surface area contributed by atoms with Gasteiger partial charge in [0.1, 0.15) is 0 Å². The molecule has 0 aromatic carbocycles. The van der Waals surface area contributed by atoms with E-state index in [1.807, 2.05) is 12.1 Å². The van der Waals surface area contributed by atoms with Gasteiger partial charge in [0.15, 0.2) is 0 Å². The number of nitrogens with zero attached hydrogens (tertiary/aromatic N) is 1. The SMILES string of the molecule is N#C[C@@H](CN)c1ccc[nH]1. The average molecular weight is 135 g/mol. The quantitative estimate of drug-likeness (QED) is 0.623. The maximum atomic E-state index is 8.55. The third-order valence-corrected chi connectivity index (χ3v) is 1.39. The van der Waals surface area contributed by atoms with Crippen LogP contribution in [-0.2, 0) is 0 Å². The van der Waals surface area contributed by atoms with Gasteiger partial charge in [0.05, 0.1) is 12.0 Å². The van der Waals surface area contributed by atoms with Crippen molar-refractivity contribution in [1.29, 1.82) is 5.26 Å². The standard InChI is InChI=1S/C7H9N3/c8-4-6(5-9)7-2-1-3-10-7/h1-3,6,10H,4,8H2/t6-/m1/s1. The minimum Gasteiger partial charge on any atom is -0.364 e. The van der Waals surface area contributed by atoms with Gasteiger partial charge < -0.3 is 10.7 Å². The first kappa shape index (κ1) is 6.84. The van der Waals surface area contributed by atoms with Gasteiger partial charge in [-0.2, -0.15) is 5.26 Å². The van der Waals surface area contributed by atoms with Crippen LogP contribution in [-0.4, -0.2) is 11.5 Å². The summed E-state index contributed by atoms with van der Waals surface area (Å²) < 4.78 is 0. The molecule has 3 heteroatoms. The predicted octanol–water partition coefficient (Wildman–Crippen LogP) is 0.581. The molecule has 3 N–H and O–H groups in total. The number of hydrogen-bond acceptors (Lipinski definition) is 2. The van der Waals surface area contributed by atoms with E-state index in [-0.39, 0.29) is 5.92 Å². The van der Waals surface area contributed by atoms with Crippen LogP contribution in [0.15, 0.2) is 18.3 Å². The summed E-state index contributed by atoms with van der Waals surface area (Å²) in [5, 5.41) is 8.55. The highest BCUT2D eigenvalue weighted by Crippen LogP contribution is 2.09. The van der Waals surface area contributed by atoms with Crippen molar-refractivity contribution in [2.75, 3.05) is 6.54 Å². The van der Waals surface area contributed by atoms with Crippen molar-refractivity contribution in [1.82, 2.24) is 4.98 Å². The van der Waals surface area contributed by atoms with E-state index in [9.17, 15) is 0 Å². The Bertz CT molecular complexity index is 219. The van der Waals surface area contributed by atoms with E-state index in [4.69, 9.17) is 11.0 Å². The molecule has 0 aliphatic heterocycles. The van der Waals surface area contributed by atoms with Crippen molar-refractivity contribution >= 4 is 0 Å². The first-order valence-corrected chi connectivity index (χ1v) is 3.11. The van der Waals surface area contributed by atoms with Crippen LogP contribution < -0.4 is 5.73 Å². The smallest absolute Gasteiger partial charge is 0.0984 e. The molecule has 10 heavy (non-hydrogen) atoms. The molecule has 0 spiro atoms. The fourth-order valence-electron chi connectivity index (χ4n) is 0.810. The maximum Gasteiger partial charge on any atom is 0.0984 e. The molecule has 0 aliphatic rings. The molecular weight excluding hydrogens is 126 g/mol. The summed E-state index contributed by atoms with van der Waals surface area (Å²) in [4.78, 5) is 2.94. The van der Waals surface area contributed by atoms with Gasteiger partial charge in [-0.1, -0.05) is 0 Å². The van der Waals surface area contributed by atoms with Crippen LogP contribution in [0.4, 0.5) is 0 Å². The van der Waals surface area contributed by atoms with Crippen molar-refractivity contribution < 1.29 is 0 Å². The maximum absolute atomic E-state index is 8.55. The summed E-state index contributed by atoms with van der Waals surface area (Å²) >= 11 is 0. The Morgan fingerprint density at radius 1 is 1.80 bits per heavy atom. The number of H-pyrrole nitrogens is 1. The summed E-state index contributed by atoms with van der Waals surface area (Å²) in [5.41, 5.74) is 6.23. The number of aromatic amines is 1. The van der Waals surface area contributed by atoms with Gasteiger partial charge in [-0.15, -0.1) is 0 Å². The molecule has 0 fully saturated rings. The molecule has 0 aliphatic carbocycles. The van der Waals surface area contributed by atoms with Crippen LogP contribution in [0.2, 0.25) is 0 Å². The topological polar surface area (TPSA) is 65.6 Å². The Balaban J connectivity index is 2.76. The van der Waals surface area contributed by atoms with E-state index in [0.29, 0.717) is 6.54 Å². The van der Waals surface area contributed by atoms with Crippen molar-refractivity contribution in [3.8, 4) is 6.07 Å². The number of nitrogens with one attached hydrogen (secondary N) is 1. The van der Waals surface area contributed by atoms with Gasteiger partial charge in [0.25, 0.3) is 0 Å². The minimum absolute atomic E-state index is 0.185. The van der Waals surface area contributed by atoms with Gasteiger partial charge in [0, 0.05) is 18.4 Å². The first-order chi connectivity index (χ1) is 4.88. The third kappa shape index (κ3) is 1.17. The molecule has 1 heterocycles.